The average Bonchev–Trinajstić information content (AvgIpc) is 3.27. The van der Waals surface area contributed by atoms with Crippen molar-refractivity contribution in [2.75, 3.05) is 27.2 Å². The van der Waals surface area contributed by atoms with Crippen molar-refractivity contribution in [3.05, 3.63) is 36.2 Å². The van der Waals surface area contributed by atoms with E-state index in [1.807, 2.05) is 37.7 Å². The Morgan fingerprint density at radius 3 is 2.88 bits per heavy atom. The highest BCUT2D eigenvalue weighted by Crippen LogP contribution is 2.27. The van der Waals surface area contributed by atoms with Crippen molar-refractivity contribution in [3.63, 3.8) is 0 Å². The van der Waals surface area contributed by atoms with E-state index in [1.165, 1.54) is 0 Å². The van der Waals surface area contributed by atoms with Gasteiger partial charge in [-0.05, 0) is 39.1 Å². The van der Waals surface area contributed by atoms with E-state index in [9.17, 15) is 4.79 Å². The first kappa shape index (κ1) is 17.2. The van der Waals surface area contributed by atoms with Crippen molar-refractivity contribution >= 4 is 16.9 Å². The van der Waals surface area contributed by atoms with Crippen molar-refractivity contribution < 1.29 is 9.21 Å². The molecule has 25 heavy (non-hydrogen) atoms. The summed E-state index contributed by atoms with van der Waals surface area (Å²) in [5, 5.41) is 8.23. The fraction of sp³-hybridized carbons (Fsp3) is 0.389. The second-order valence-corrected chi connectivity index (χ2v) is 6.28. The van der Waals surface area contributed by atoms with Crippen molar-refractivity contribution in [3.8, 4) is 11.5 Å². The van der Waals surface area contributed by atoms with E-state index in [0.717, 1.165) is 11.9 Å². The van der Waals surface area contributed by atoms with Crippen LogP contribution in [0.2, 0.25) is 0 Å². The van der Waals surface area contributed by atoms with Crippen molar-refractivity contribution in [1.82, 2.24) is 25.0 Å². The fourth-order valence-electron chi connectivity index (χ4n) is 2.71. The van der Waals surface area contributed by atoms with Crippen LogP contribution in [-0.2, 0) is 0 Å². The number of likely N-dealkylation sites (N-methyl/N-ethyl adjacent to an activating group) is 2. The third kappa shape index (κ3) is 3.28. The fourth-order valence-corrected chi connectivity index (χ4v) is 2.71. The number of fused-ring (bicyclic) bond motifs is 1. The number of hydrogen-bond acceptors (Lipinski definition) is 5. The van der Waals surface area contributed by atoms with Gasteiger partial charge in [0, 0.05) is 26.2 Å². The number of pyridine rings is 1. The molecule has 0 unspecified atom stereocenters. The van der Waals surface area contributed by atoms with Crippen LogP contribution in [0.5, 0.6) is 0 Å². The first-order valence-electron chi connectivity index (χ1n) is 8.35. The van der Waals surface area contributed by atoms with Gasteiger partial charge in [0.2, 0.25) is 0 Å². The molecule has 0 radical (unpaired) electrons. The number of furan rings is 1. The summed E-state index contributed by atoms with van der Waals surface area (Å²) < 4.78 is 7.30. The highest BCUT2D eigenvalue weighted by Gasteiger charge is 2.21. The van der Waals surface area contributed by atoms with Crippen LogP contribution >= 0.6 is 0 Å². The zero-order valence-corrected chi connectivity index (χ0v) is 15.0. The Kier molecular flexibility index (Phi) is 4.85. The van der Waals surface area contributed by atoms with Crippen molar-refractivity contribution in [2.45, 2.75) is 19.9 Å². The lowest BCUT2D eigenvalue weighted by Crippen LogP contribution is -2.33. The van der Waals surface area contributed by atoms with Gasteiger partial charge in [-0.25, -0.2) is 9.67 Å². The van der Waals surface area contributed by atoms with Gasteiger partial charge in [-0.15, -0.1) is 0 Å². The molecule has 0 aromatic carbocycles. The summed E-state index contributed by atoms with van der Waals surface area (Å²) in [6.07, 6.45) is 3.31. The lowest BCUT2D eigenvalue weighted by atomic mass is 10.1. The number of carbonyl (C=O) groups is 1. The number of aromatic nitrogens is 3. The molecule has 0 saturated heterocycles. The summed E-state index contributed by atoms with van der Waals surface area (Å²) >= 11 is 0. The Hall–Kier alpha value is -2.67. The standard InChI is InChI=1S/C18H23N5O2/c1-12(2)23-17-14(11-20-23)13(18(24)22(4)8-7-19-3)10-15(21-17)16-6-5-9-25-16/h5-6,9-12,19H,7-8H2,1-4H3. The topological polar surface area (TPSA) is 76.2 Å². The van der Waals surface area contributed by atoms with Crippen molar-refractivity contribution in [2.24, 2.45) is 0 Å². The summed E-state index contributed by atoms with van der Waals surface area (Å²) in [5.41, 5.74) is 1.90. The first-order chi connectivity index (χ1) is 12.0. The number of carbonyl (C=O) groups excluding carboxylic acids is 1. The monoisotopic (exact) mass is 341 g/mol. The van der Waals surface area contributed by atoms with Crippen LogP contribution < -0.4 is 5.32 Å². The van der Waals surface area contributed by atoms with Crippen LogP contribution in [0.1, 0.15) is 30.2 Å². The lowest BCUT2D eigenvalue weighted by Gasteiger charge is -2.18. The Morgan fingerprint density at radius 2 is 2.24 bits per heavy atom. The van der Waals surface area contributed by atoms with Gasteiger partial charge in [0.1, 0.15) is 5.69 Å². The Morgan fingerprint density at radius 1 is 1.44 bits per heavy atom. The van der Waals surface area contributed by atoms with E-state index >= 15 is 0 Å². The molecule has 0 aliphatic rings. The van der Waals surface area contributed by atoms with Crippen molar-refractivity contribution in [1.29, 1.82) is 0 Å². The largest absolute Gasteiger partial charge is 0.463 e. The molecule has 3 heterocycles. The first-order valence-corrected chi connectivity index (χ1v) is 8.35. The van der Waals surface area contributed by atoms with E-state index in [0.29, 0.717) is 29.2 Å². The highest BCUT2D eigenvalue weighted by molar-refractivity contribution is 6.06. The maximum Gasteiger partial charge on any atom is 0.254 e. The molecule has 0 atom stereocenters. The molecule has 0 spiro atoms. The van der Waals surface area contributed by atoms with Gasteiger partial charge in [-0.2, -0.15) is 5.10 Å². The minimum Gasteiger partial charge on any atom is -0.463 e. The van der Waals surface area contributed by atoms with Gasteiger partial charge in [-0.1, -0.05) is 0 Å². The molecule has 3 rings (SSSR count). The summed E-state index contributed by atoms with van der Waals surface area (Å²) in [5.74, 6) is 0.573. The molecule has 0 fully saturated rings. The van der Waals surface area contributed by atoms with E-state index in [2.05, 4.69) is 15.4 Å². The molecule has 3 aromatic heterocycles. The normalized spacial score (nSPS) is 11.4. The van der Waals surface area contributed by atoms with Gasteiger partial charge >= 0.3 is 0 Å². The van der Waals surface area contributed by atoms with Crippen LogP contribution in [0.15, 0.2) is 35.1 Å². The van der Waals surface area contributed by atoms with Crippen LogP contribution in [0, 0.1) is 0 Å². The van der Waals surface area contributed by atoms with Gasteiger partial charge in [0.05, 0.1) is 23.4 Å². The molecule has 7 nitrogen and oxygen atoms in total. The SMILES string of the molecule is CNCCN(C)C(=O)c1cc(-c2ccco2)nc2c1cnn2C(C)C. The van der Waals surface area contributed by atoms with Crippen LogP contribution in [-0.4, -0.2) is 52.8 Å². The summed E-state index contributed by atoms with van der Waals surface area (Å²) in [7, 11) is 3.66. The van der Waals surface area contributed by atoms with Gasteiger partial charge < -0.3 is 14.6 Å². The Labute approximate surface area is 146 Å². The molecule has 0 bridgehead atoms. The predicted octanol–water partition coefficient (Wildman–Crippen LogP) is 2.56. The van der Waals surface area contributed by atoms with E-state index < -0.39 is 0 Å². The molecular formula is C18H23N5O2. The van der Waals surface area contributed by atoms with Gasteiger partial charge in [0.15, 0.2) is 11.4 Å². The third-order valence-electron chi connectivity index (χ3n) is 4.10. The number of rotatable bonds is 6. The molecule has 7 heteroatoms. The summed E-state index contributed by atoms with van der Waals surface area (Å²) in [6, 6.07) is 5.57. The third-order valence-corrected chi connectivity index (χ3v) is 4.10. The predicted molar refractivity (Wildman–Crippen MR) is 96.5 cm³/mol. The minimum atomic E-state index is -0.0567. The average molecular weight is 341 g/mol. The molecule has 1 N–H and O–H groups in total. The number of amides is 1. The maximum atomic E-state index is 13.0. The van der Waals surface area contributed by atoms with Gasteiger partial charge in [0.25, 0.3) is 5.91 Å². The summed E-state index contributed by atoms with van der Waals surface area (Å²) in [4.78, 5) is 19.4. The number of hydrogen-bond donors (Lipinski definition) is 1. The smallest absolute Gasteiger partial charge is 0.254 e. The molecule has 3 aromatic rings. The summed E-state index contributed by atoms with van der Waals surface area (Å²) in [6.45, 7) is 5.42. The van der Waals surface area contributed by atoms with E-state index in [-0.39, 0.29) is 11.9 Å². The van der Waals surface area contributed by atoms with Crippen LogP contribution in [0.4, 0.5) is 0 Å². The Bertz CT molecular complexity index is 867. The zero-order valence-electron chi connectivity index (χ0n) is 15.0. The maximum absolute atomic E-state index is 13.0. The highest BCUT2D eigenvalue weighted by atomic mass is 16.3. The minimum absolute atomic E-state index is 0.0567. The molecule has 1 amide bonds. The molecule has 0 aliphatic carbocycles. The zero-order chi connectivity index (χ0) is 18.0. The second-order valence-electron chi connectivity index (χ2n) is 6.28. The molecule has 0 aliphatic heterocycles. The molecule has 0 saturated carbocycles. The molecule has 132 valence electrons. The number of nitrogens with one attached hydrogen (secondary N) is 1. The second kappa shape index (κ2) is 7.06. The lowest BCUT2D eigenvalue weighted by molar-refractivity contribution is 0.0798. The van der Waals surface area contributed by atoms with E-state index in [4.69, 9.17) is 4.42 Å². The van der Waals surface area contributed by atoms with Crippen LogP contribution in [0.25, 0.3) is 22.5 Å². The van der Waals surface area contributed by atoms with Crippen LogP contribution in [0.3, 0.4) is 0 Å². The quantitative estimate of drug-likeness (QED) is 0.746. The van der Waals surface area contributed by atoms with Gasteiger partial charge in [-0.3, -0.25) is 4.79 Å². The molecular weight excluding hydrogens is 318 g/mol. The van der Waals surface area contributed by atoms with E-state index in [1.54, 1.807) is 30.5 Å². The number of nitrogens with zero attached hydrogens (tertiary/aromatic N) is 4. The Balaban J connectivity index is 2.14.